The second kappa shape index (κ2) is 9.08. The molecule has 4 N–H and O–H groups in total. The first-order valence-electron chi connectivity index (χ1n) is 12.0. The highest BCUT2D eigenvalue weighted by Crippen LogP contribution is 2.26. The lowest BCUT2D eigenvalue weighted by Crippen LogP contribution is -2.28. The number of H-pyrrole nitrogens is 1. The first-order valence-corrected chi connectivity index (χ1v) is 12.0. The lowest BCUT2D eigenvalue weighted by Gasteiger charge is -2.13. The molecule has 184 valence electrons. The summed E-state index contributed by atoms with van der Waals surface area (Å²) in [6, 6.07) is 9.66. The number of rotatable bonds is 5. The van der Waals surface area contributed by atoms with Crippen LogP contribution in [0.25, 0.3) is 11.3 Å². The standard InChI is InChI=1S/C25H25FN8O2/c26-19-5-4-15(10-21(19)29-24(35)16-9-17-3-1-2-7-33(17)14-16)20-12-22(25(36)31-30-20)28-23-11-18-13-27-6-8-34(18)32-23/h4-5,9-12,14,27H,1-3,6-8,13H2,(H,29,35)(H,31,36)(H,28,30,32). The number of carbonyl (C=O) groups excluding carboxylic acids is 1. The largest absolute Gasteiger partial charge is 0.351 e. The van der Waals surface area contributed by atoms with Gasteiger partial charge in [0.15, 0.2) is 5.82 Å². The molecule has 0 aliphatic carbocycles. The molecule has 1 amide bonds. The van der Waals surface area contributed by atoms with E-state index in [2.05, 4.69) is 35.8 Å². The van der Waals surface area contributed by atoms with Crippen LogP contribution in [0.2, 0.25) is 0 Å². The number of hydrogen-bond donors (Lipinski definition) is 4. The third kappa shape index (κ3) is 4.29. The first kappa shape index (κ1) is 22.2. The van der Waals surface area contributed by atoms with Gasteiger partial charge in [0.1, 0.15) is 11.5 Å². The van der Waals surface area contributed by atoms with Gasteiger partial charge >= 0.3 is 0 Å². The molecule has 0 atom stereocenters. The molecule has 0 unspecified atom stereocenters. The summed E-state index contributed by atoms with van der Waals surface area (Å²) < 4.78 is 18.6. The zero-order valence-corrected chi connectivity index (χ0v) is 19.5. The van der Waals surface area contributed by atoms with Crippen LogP contribution in [0.15, 0.2) is 47.4 Å². The van der Waals surface area contributed by atoms with E-state index in [1.165, 1.54) is 12.1 Å². The monoisotopic (exact) mass is 488 g/mol. The van der Waals surface area contributed by atoms with Crippen LogP contribution >= 0.6 is 0 Å². The van der Waals surface area contributed by atoms with E-state index >= 15 is 0 Å². The molecular formula is C25H25FN8O2. The maximum atomic E-state index is 14.6. The van der Waals surface area contributed by atoms with Gasteiger partial charge in [0.05, 0.1) is 29.2 Å². The number of aromatic amines is 1. The highest BCUT2D eigenvalue weighted by atomic mass is 19.1. The molecular weight excluding hydrogens is 463 g/mol. The Balaban J connectivity index is 1.24. The number of benzene rings is 1. The molecule has 3 aromatic heterocycles. The molecule has 36 heavy (non-hydrogen) atoms. The Labute approximate surface area is 205 Å². The van der Waals surface area contributed by atoms with E-state index in [9.17, 15) is 14.0 Å². The van der Waals surface area contributed by atoms with Crippen LogP contribution in [-0.4, -0.2) is 37.0 Å². The molecule has 0 saturated carbocycles. The van der Waals surface area contributed by atoms with Crippen LogP contribution in [0.4, 0.5) is 21.6 Å². The van der Waals surface area contributed by atoms with Gasteiger partial charge in [-0.05, 0) is 49.6 Å². The third-order valence-electron chi connectivity index (χ3n) is 6.58. The van der Waals surface area contributed by atoms with Crippen LogP contribution in [0.3, 0.4) is 0 Å². The Hall–Kier alpha value is -4.25. The van der Waals surface area contributed by atoms with Crippen molar-refractivity contribution in [2.24, 2.45) is 0 Å². The summed E-state index contributed by atoms with van der Waals surface area (Å²) >= 11 is 0. The van der Waals surface area contributed by atoms with Crippen LogP contribution in [-0.2, 0) is 26.1 Å². The summed E-state index contributed by atoms with van der Waals surface area (Å²) in [5.74, 6) is -0.377. The lowest BCUT2D eigenvalue weighted by molar-refractivity contribution is 0.102. The van der Waals surface area contributed by atoms with Crippen molar-refractivity contribution in [1.82, 2.24) is 29.9 Å². The molecule has 0 spiro atoms. The van der Waals surface area contributed by atoms with Crippen molar-refractivity contribution in [3.63, 3.8) is 0 Å². The van der Waals surface area contributed by atoms with Gasteiger partial charge in [0.25, 0.3) is 11.5 Å². The topological polar surface area (TPSA) is 122 Å². The maximum absolute atomic E-state index is 14.6. The highest BCUT2D eigenvalue weighted by molar-refractivity contribution is 6.04. The van der Waals surface area contributed by atoms with Crippen molar-refractivity contribution in [2.45, 2.75) is 38.9 Å². The Kier molecular flexibility index (Phi) is 5.61. The van der Waals surface area contributed by atoms with Crippen molar-refractivity contribution in [2.75, 3.05) is 17.2 Å². The van der Waals surface area contributed by atoms with Gasteiger partial charge in [-0.3, -0.25) is 14.3 Å². The van der Waals surface area contributed by atoms with E-state index < -0.39 is 11.4 Å². The molecule has 11 heteroatoms. The molecule has 6 rings (SSSR count). The average molecular weight is 489 g/mol. The van der Waals surface area contributed by atoms with Crippen LogP contribution < -0.4 is 21.5 Å². The van der Waals surface area contributed by atoms with Crippen LogP contribution in [0, 0.1) is 5.82 Å². The fraction of sp³-hybridized carbons (Fsp3) is 0.280. The molecule has 5 heterocycles. The predicted octanol–water partition coefficient (Wildman–Crippen LogP) is 3.01. The fourth-order valence-corrected chi connectivity index (χ4v) is 4.70. The van der Waals surface area contributed by atoms with Crippen molar-refractivity contribution >= 4 is 23.1 Å². The lowest BCUT2D eigenvalue weighted by atomic mass is 10.1. The van der Waals surface area contributed by atoms with Gasteiger partial charge in [-0.2, -0.15) is 10.2 Å². The molecule has 2 aliphatic heterocycles. The van der Waals surface area contributed by atoms with Crippen molar-refractivity contribution in [3.05, 3.63) is 75.7 Å². The van der Waals surface area contributed by atoms with E-state index in [0.717, 1.165) is 50.3 Å². The van der Waals surface area contributed by atoms with E-state index in [1.807, 2.05) is 23.0 Å². The average Bonchev–Trinajstić information content (AvgIpc) is 3.50. The molecule has 0 fully saturated rings. The molecule has 2 aliphatic rings. The molecule has 1 aromatic carbocycles. The number of amides is 1. The molecule has 0 saturated heterocycles. The van der Waals surface area contributed by atoms with Gasteiger partial charge in [0, 0.05) is 43.2 Å². The van der Waals surface area contributed by atoms with Gasteiger partial charge in [-0.15, -0.1) is 0 Å². The number of hydrogen-bond acceptors (Lipinski definition) is 6. The van der Waals surface area contributed by atoms with E-state index in [0.29, 0.717) is 29.2 Å². The van der Waals surface area contributed by atoms with Crippen molar-refractivity contribution < 1.29 is 9.18 Å². The van der Waals surface area contributed by atoms with E-state index in [4.69, 9.17) is 0 Å². The number of nitrogens with one attached hydrogen (secondary N) is 4. The van der Waals surface area contributed by atoms with Gasteiger partial charge < -0.3 is 20.5 Å². The minimum absolute atomic E-state index is 0.0402. The number of halogens is 1. The van der Waals surface area contributed by atoms with Crippen LogP contribution in [0.5, 0.6) is 0 Å². The second-order valence-corrected chi connectivity index (χ2v) is 9.06. The summed E-state index contributed by atoms with van der Waals surface area (Å²) in [7, 11) is 0. The molecule has 0 bridgehead atoms. The smallest absolute Gasteiger partial charge is 0.287 e. The zero-order valence-electron chi connectivity index (χ0n) is 19.5. The van der Waals surface area contributed by atoms with E-state index in [1.54, 1.807) is 12.1 Å². The number of aryl methyl sites for hydroxylation is 2. The zero-order chi connectivity index (χ0) is 24.6. The SMILES string of the molecule is O=C(Nc1cc(-c2cc(Nc3cc4n(n3)CCNC4)c(=O)[nH]n2)ccc1F)c1cc2n(c1)CCCC2. The third-order valence-corrected chi connectivity index (χ3v) is 6.58. The van der Waals surface area contributed by atoms with Gasteiger partial charge in [-0.1, -0.05) is 0 Å². The molecule has 0 radical (unpaired) electrons. The minimum Gasteiger partial charge on any atom is -0.351 e. The molecule has 4 aromatic rings. The molecule has 10 nitrogen and oxygen atoms in total. The number of fused-ring (bicyclic) bond motifs is 2. The Bertz CT molecular complexity index is 1470. The maximum Gasteiger partial charge on any atom is 0.287 e. The van der Waals surface area contributed by atoms with Crippen molar-refractivity contribution in [1.29, 1.82) is 0 Å². The Morgan fingerprint density at radius 3 is 2.83 bits per heavy atom. The predicted molar refractivity (Wildman–Crippen MR) is 133 cm³/mol. The van der Waals surface area contributed by atoms with Crippen molar-refractivity contribution in [3.8, 4) is 11.3 Å². The normalized spacial score (nSPS) is 14.7. The number of nitrogens with zero attached hydrogens (tertiary/aromatic N) is 4. The van der Waals surface area contributed by atoms with E-state index in [-0.39, 0.29) is 17.3 Å². The minimum atomic E-state index is -0.559. The first-order chi connectivity index (χ1) is 17.5. The Morgan fingerprint density at radius 2 is 1.97 bits per heavy atom. The van der Waals surface area contributed by atoms with Crippen LogP contribution in [0.1, 0.15) is 34.6 Å². The number of anilines is 3. The summed E-state index contributed by atoms with van der Waals surface area (Å²) in [4.78, 5) is 25.3. The number of carbonyl (C=O) groups is 1. The quantitative estimate of drug-likeness (QED) is 0.343. The highest BCUT2D eigenvalue weighted by Gasteiger charge is 2.18. The van der Waals surface area contributed by atoms with Gasteiger partial charge in [0.2, 0.25) is 0 Å². The second-order valence-electron chi connectivity index (χ2n) is 9.06. The van der Waals surface area contributed by atoms with Gasteiger partial charge in [-0.25, -0.2) is 9.49 Å². The summed E-state index contributed by atoms with van der Waals surface area (Å²) in [5.41, 5.74) is 3.49. The fourth-order valence-electron chi connectivity index (χ4n) is 4.70. The number of aromatic nitrogens is 5. The Morgan fingerprint density at radius 1 is 1.06 bits per heavy atom. The summed E-state index contributed by atoms with van der Waals surface area (Å²) in [6.45, 7) is 3.19. The summed E-state index contributed by atoms with van der Waals surface area (Å²) in [5, 5.41) is 20.1. The summed E-state index contributed by atoms with van der Waals surface area (Å²) in [6.07, 6.45) is 4.94.